The third-order valence-electron chi connectivity index (χ3n) is 4.04. The quantitative estimate of drug-likeness (QED) is 0.785. The number of nitrogens with zero attached hydrogens (tertiary/aromatic N) is 1. The first kappa shape index (κ1) is 16.2. The first-order valence-corrected chi connectivity index (χ1v) is 7.53. The summed E-state index contributed by atoms with van der Waals surface area (Å²) in [6.45, 7) is 5.38. The van der Waals surface area contributed by atoms with Crippen LogP contribution in [0.2, 0.25) is 0 Å². The predicted octanol–water partition coefficient (Wildman–Crippen LogP) is 1.77. The molecule has 0 radical (unpaired) electrons. The van der Waals surface area contributed by atoms with Crippen molar-refractivity contribution in [2.45, 2.75) is 26.0 Å². The molecule has 0 spiro atoms. The Labute approximate surface area is 125 Å². The van der Waals surface area contributed by atoms with Crippen molar-refractivity contribution in [3.8, 4) is 0 Å². The number of methoxy groups -OCH3 is 1. The van der Waals surface area contributed by atoms with Crippen molar-refractivity contribution in [3.05, 3.63) is 29.6 Å². The molecular formula is C16H25FN2O2. The Hall–Kier alpha value is -1.17. The summed E-state index contributed by atoms with van der Waals surface area (Å²) >= 11 is 0. The molecule has 1 fully saturated rings. The number of nitrogens with one attached hydrogen (secondary N) is 1. The number of piperidine rings is 1. The van der Waals surface area contributed by atoms with Gasteiger partial charge in [-0.2, -0.15) is 0 Å². The van der Waals surface area contributed by atoms with E-state index in [4.69, 9.17) is 4.74 Å². The molecule has 0 saturated carbocycles. The molecule has 0 aliphatic carbocycles. The van der Waals surface area contributed by atoms with Gasteiger partial charge in [-0.15, -0.1) is 0 Å². The molecule has 118 valence electrons. The Morgan fingerprint density at radius 1 is 1.48 bits per heavy atom. The van der Waals surface area contributed by atoms with E-state index in [1.165, 1.54) is 6.07 Å². The second-order valence-electron chi connectivity index (χ2n) is 5.70. The predicted molar refractivity (Wildman–Crippen MR) is 82.0 cm³/mol. The minimum atomic E-state index is -0.281. The van der Waals surface area contributed by atoms with E-state index in [1.807, 2.05) is 13.0 Å². The van der Waals surface area contributed by atoms with Gasteiger partial charge in [0, 0.05) is 33.3 Å². The molecule has 1 aliphatic rings. The van der Waals surface area contributed by atoms with Crippen LogP contribution < -0.4 is 10.2 Å². The molecule has 1 aliphatic heterocycles. The molecule has 2 rings (SSSR count). The van der Waals surface area contributed by atoms with E-state index in [1.54, 1.807) is 13.2 Å². The molecule has 1 aromatic rings. The number of hydrogen-bond acceptors (Lipinski definition) is 4. The first-order valence-electron chi connectivity index (χ1n) is 7.53. The number of aliphatic hydroxyl groups is 1. The fourth-order valence-corrected chi connectivity index (χ4v) is 2.79. The Balaban J connectivity index is 2.10. The van der Waals surface area contributed by atoms with Gasteiger partial charge < -0.3 is 20.1 Å². The summed E-state index contributed by atoms with van der Waals surface area (Å²) in [6, 6.07) is 5.20. The second-order valence-corrected chi connectivity index (χ2v) is 5.70. The molecule has 1 heterocycles. The molecule has 0 amide bonds. The number of para-hydroxylation sites is 1. The molecule has 0 bridgehead atoms. The summed E-state index contributed by atoms with van der Waals surface area (Å²) in [6.07, 6.45) is 0.405. The Kier molecular flexibility index (Phi) is 5.96. The van der Waals surface area contributed by atoms with Gasteiger partial charge in [-0.25, -0.2) is 4.39 Å². The number of rotatable bonds is 6. The number of halogens is 1. The van der Waals surface area contributed by atoms with Crippen LogP contribution in [0.5, 0.6) is 0 Å². The van der Waals surface area contributed by atoms with Crippen molar-refractivity contribution in [1.82, 2.24) is 5.32 Å². The molecular weight excluding hydrogens is 271 g/mol. The van der Waals surface area contributed by atoms with E-state index in [0.717, 1.165) is 12.1 Å². The smallest absolute Gasteiger partial charge is 0.146 e. The molecule has 21 heavy (non-hydrogen) atoms. The minimum absolute atomic E-state index is 0.160. The van der Waals surface area contributed by atoms with Gasteiger partial charge in [0.1, 0.15) is 5.82 Å². The topological polar surface area (TPSA) is 44.7 Å². The number of hydrogen-bond donors (Lipinski definition) is 2. The fraction of sp³-hybridized carbons (Fsp3) is 0.625. The summed E-state index contributed by atoms with van der Waals surface area (Å²) < 4.78 is 19.3. The van der Waals surface area contributed by atoms with E-state index >= 15 is 0 Å². The maximum Gasteiger partial charge on any atom is 0.146 e. The Morgan fingerprint density at radius 3 is 3.00 bits per heavy atom. The number of anilines is 1. The molecule has 4 nitrogen and oxygen atoms in total. The van der Waals surface area contributed by atoms with E-state index in [9.17, 15) is 9.50 Å². The largest absolute Gasteiger partial charge is 0.393 e. The van der Waals surface area contributed by atoms with Crippen molar-refractivity contribution < 1.29 is 14.2 Å². The van der Waals surface area contributed by atoms with Crippen LogP contribution in [0.1, 0.15) is 18.9 Å². The molecule has 1 saturated heterocycles. The van der Waals surface area contributed by atoms with Crippen LogP contribution in [0, 0.1) is 11.7 Å². The Bertz CT molecular complexity index is 456. The van der Waals surface area contributed by atoms with Gasteiger partial charge >= 0.3 is 0 Å². The monoisotopic (exact) mass is 296 g/mol. The molecule has 2 unspecified atom stereocenters. The first-order chi connectivity index (χ1) is 10.1. The Morgan fingerprint density at radius 2 is 2.29 bits per heavy atom. The summed E-state index contributed by atoms with van der Waals surface area (Å²) in [5.41, 5.74) is 1.62. The highest BCUT2D eigenvalue weighted by atomic mass is 19.1. The lowest BCUT2D eigenvalue weighted by Gasteiger charge is -2.37. The lowest BCUT2D eigenvalue weighted by atomic mass is 9.95. The van der Waals surface area contributed by atoms with Crippen molar-refractivity contribution >= 4 is 5.69 Å². The van der Waals surface area contributed by atoms with Gasteiger partial charge in [0.25, 0.3) is 0 Å². The summed E-state index contributed by atoms with van der Waals surface area (Å²) in [7, 11) is 1.66. The normalized spacial score (nSPS) is 22.6. The van der Waals surface area contributed by atoms with Crippen LogP contribution in [-0.4, -0.2) is 44.6 Å². The van der Waals surface area contributed by atoms with Crippen molar-refractivity contribution in [1.29, 1.82) is 0 Å². The van der Waals surface area contributed by atoms with E-state index < -0.39 is 0 Å². The minimum Gasteiger partial charge on any atom is -0.393 e. The molecule has 5 heteroatoms. The van der Waals surface area contributed by atoms with Gasteiger partial charge in [0.05, 0.1) is 18.4 Å². The highest BCUT2D eigenvalue weighted by molar-refractivity contribution is 5.55. The molecule has 0 aromatic heterocycles. The van der Waals surface area contributed by atoms with Gasteiger partial charge in [0.2, 0.25) is 0 Å². The van der Waals surface area contributed by atoms with Crippen molar-refractivity contribution in [2.75, 3.05) is 38.3 Å². The third kappa shape index (κ3) is 4.15. The average molecular weight is 296 g/mol. The molecule has 1 aromatic carbocycles. The lowest BCUT2D eigenvalue weighted by Crippen LogP contribution is -2.42. The lowest BCUT2D eigenvalue weighted by molar-refractivity contribution is 0.0968. The zero-order chi connectivity index (χ0) is 15.2. The third-order valence-corrected chi connectivity index (χ3v) is 4.04. The number of ether oxygens (including phenoxy) is 1. The average Bonchev–Trinajstić information content (AvgIpc) is 2.47. The van der Waals surface area contributed by atoms with Crippen LogP contribution >= 0.6 is 0 Å². The highest BCUT2D eigenvalue weighted by Crippen LogP contribution is 2.29. The van der Waals surface area contributed by atoms with Crippen LogP contribution in [-0.2, 0) is 11.3 Å². The van der Waals surface area contributed by atoms with Crippen LogP contribution in [0.15, 0.2) is 18.2 Å². The van der Waals surface area contributed by atoms with Gasteiger partial charge in [-0.1, -0.05) is 19.1 Å². The standard InChI is InChI=1S/C16H25FN2O2/c1-12-11-19(8-6-15(12)20)16-13(4-3-5-14(16)17)10-18-7-9-21-2/h3-5,12,15,18,20H,6-11H2,1-2H3. The van der Waals surface area contributed by atoms with Crippen molar-refractivity contribution in [2.24, 2.45) is 5.92 Å². The zero-order valence-electron chi connectivity index (χ0n) is 12.8. The number of benzene rings is 1. The van der Waals surface area contributed by atoms with E-state index in [0.29, 0.717) is 38.3 Å². The van der Waals surface area contributed by atoms with Crippen LogP contribution in [0.25, 0.3) is 0 Å². The van der Waals surface area contributed by atoms with E-state index in [-0.39, 0.29) is 17.8 Å². The molecule has 2 atom stereocenters. The fourth-order valence-electron chi connectivity index (χ4n) is 2.79. The van der Waals surface area contributed by atoms with Crippen LogP contribution in [0.3, 0.4) is 0 Å². The maximum atomic E-state index is 14.3. The van der Waals surface area contributed by atoms with Crippen LogP contribution in [0.4, 0.5) is 10.1 Å². The van der Waals surface area contributed by atoms with Gasteiger partial charge in [-0.05, 0) is 24.0 Å². The van der Waals surface area contributed by atoms with Gasteiger partial charge in [0.15, 0.2) is 0 Å². The SMILES string of the molecule is COCCNCc1cccc(F)c1N1CCC(O)C(C)C1. The van der Waals surface area contributed by atoms with E-state index in [2.05, 4.69) is 10.2 Å². The summed E-state index contributed by atoms with van der Waals surface area (Å²) in [4.78, 5) is 2.06. The highest BCUT2D eigenvalue weighted by Gasteiger charge is 2.27. The maximum absolute atomic E-state index is 14.3. The summed E-state index contributed by atoms with van der Waals surface area (Å²) in [5.74, 6) is -0.0303. The molecule has 2 N–H and O–H groups in total. The van der Waals surface area contributed by atoms with Crippen molar-refractivity contribution in [3.63, 3.8) is 0 Å². The summed E-state index contributed by atoms with van der Waals surface area (Å²) in [5, 5.41) is 13.1. The zero-order valence-corrected chi connectivity index (χ0v) is 12.8. The second kappa shape index (κ2) is 7.73. The number of aliphatic hydroxyl groups excluding tert-OH is 1. The van der Waals surface area contributed by atoms with Gasteiger partial charge in [-0.3, -0.25) is 0 Å².